The molecule has 3 N–H and O–H groups in total. The lowest BCUT2D eigenvalue weighted by Crippen LogP contribution is -2.57. The van der Waals surface area contributed by atoms with E-state index in [1.54, 1.807) is 12.1 Å². The van der Waals surface area contributed by atoms with Crippen molar-refractivity contribution >= 4 is 51.8 Å². The summed E-state index contributed by atoms with van der Waals surface area (Å²) in [5.41, 5.74) is 2.15. The van der Waals surface area contributed by atoms with Crippen molar-refractivity contribution in [3.63, 3.8) is 0 Å². The third kappa shape index (κ3) is 5.86. The largest absolute Gasteiger partial charge is 0.462 e. The maximum Gasteiger partial charge on any atom is 0.348 e. The van der Waals surface area contributed by atoms with Crippen molar-refractivity contribution in [2.24, 2.45) is 0 Å². The molecule has 10 heteroatoms. The first-order valence-electron chi connectivity index (χ1n) is 13.0. The average molecular weight is 553 g/mol. The summed E-state index contributed by atoms with van der Waals surface area (Å²) < 4.78 is 5.44. The highest BCUT2D eigenvalue weighted by Gasteiger charge is 2.38. The van der Waals surface area contributed by atoms with E-state index in [2.05, 4.69) is 16.0 Å². The number of esters is 1. The van der Waals surface area contributed by atoms with Crippen LogP contribution in [0, 0.1) is 0 Å². The van der Waals surface area contributed by atoms with E-state index in [-0.39, 0.29) is 30.4 Å². The Hall–Kier alpha value is -3.37. The second-order valence-electron chi connectivity index (χ2n) is 9.77. The van der Waals surface area contributed by atoms with Crippen molar-refractivity contribution < 1.29 is 19.1 Å². The molecule has 200 valence electrons. The molecular formula is C28H32N4O4S2. The van der Waals surface area contributed by atoms with Crippen molar-refractivity contribution in [1.82, 2.24) is 10.2 Å². The highest BCUT2D eigenvalue weighted by molar-refractivity contribution is 7.12. The molecule has 1 aliphatic carbocycles. The summed E-state index contributed by atoms with van der Waals surface area (Å²) >= 11 is 2.71. The molecule has 1 fully saturated rings. The SMILES string of the molecule is CN(C(=O)c1ccc2c(c1)NC(CCCOC(=O)c1cccs1)(NC(=O)c1cccs1)N2)C1CCCCC1. The molecule has 0 saturated heterocycles. The molecule has 1 aliphatic heterocycles. The Balaban J connectivity index is 1.28. The summed E-state index contributed by atoms with van der Waals surface area (Å²) in [5.74, 6) is -1.55. The van der Waals surface area contributed by atoms with Crippen LogP contribution in [0.15, 0.2) is 53.2 Å². The summed E-state index contributed by atoms with van der Waals surface area (Å²) in [5, 5.41) is 13.6. The number of fused-ring (bicyclic) bond motifs is 1. The van der Waals surface area contributed by atoms with E-state index in [1.165, 1.54) is 29.1 Å². The minimum absolute atomic E-state index is 0.00195. The monoisotopic (exact) mass is 552 g/mol. The van der Waals surface area contributed by atoms with Gasteiger partial charge in [0.15, 0.2) is 5.79 Å². The maximum atomic E-state index is 13.3. The van der Waals surface area contributed by atoms with Crippen LogP contribution in [-0.2, 0) is 4.74 Å². The van der Waals surface area contributed by atoms with E-state index in [9.17, 15) is 14.4 Å². The predicted octanol–water partition coefficient (Wildman–Crippen LogP) is 5.77. The molecule has 3 heterocycles. The highest BCUT2D eigenvalue weighted by atomic mass is 32.1. The number of anilines is 2. The molecule has 5 rings (SSSR count). The first kappa shape index (κ1) is 26.2. The first-order valence-corrected chi connectivity index (χ1v) is 14.7. The predicted molar refractivity (Wildman–Crippen MR) is 151 cm³/mol. The van der Waals surface area contributed by atoms with Gasteiger partial charge >= 0.3 is 5.97 Å². The van der Waals surface area contributed by atoms with Crippen LogP contribution in [-0.4, -0.2) is 48.2 Å². The normalized spacial score (nSPS) is 18.7. The van der Waals surface area contributed by atoms with Crippen LogP contribution in [0.3, 0.4) is 0 Å². The molecule has 2 aliphatic rings. The van der Waals surface area contributed by atoms with Crippen LogP contribution in [0.5, 0.6) is 0 Å². The maximum absolute atomic E-state index is 13.3. The molecule has 1 aromatic carbocycles. The third-order valence-electron chi connectivity index (χ3n) is 7.13. The van der Waals surface area contributed by atoms with Crippen molar-refractivity contribution in [3.05, 3.63) is 68.5 Å². The molecule has 8 nitrogen and oxygen atoms in total. The van der Waals surface area contributed by atoms with E-state index in [1.807, 2.05) is 53.0 Å². The Morgan fingerprint density at radius 2 is 1.71 bits per heavy atom. The van der Waals surface area contributed by atoms with Crippen molar-refractivity contribution in [3.8, 4) is 0 Å². The Morgan fingerprint density at radius 1 is 1.00 bits per heavy atom. The number of thiophene rings is 2. The fourth-order valence-electron chi connectivity index (χ4n) is 5.10. The third-order valence-corrected chi connectivity index (χ3v) is 8.85. The Labute approximate surface area is 230 Å². The van der Waals surface area contributed by atoms with Crippen LogP contribution in [0.25, 0.3) is 0 Å². The number of benzene rings is 1. The first-order chi connectivity index (χ1) is 18.4. The molecule has 0 spiro atoms. The van der Waals surface area contributed by atoms with E-state index >= 15 is 0 Å². The van der Waals surface area contributed by atoms with Gasteiger partial charge in [-0.05, 0) is 60.4 Å². The van der Waals surface area contributed by atoms with Gasteiger partial charge in [-0.15, -0.1) is 22.7 Å². The number of hydrogen-bond acceptors (Lipinski definition) is 8. The molecular weight excluding hydrogens is 520 g/mol. The standard InChI is InChI=1S/C28H32N4O4S2/c1-32(20-8-3-2-4-9-20)26(34)19-12-13-21-22(18-19)30-28(29-21,31-25(33)23-10-5-16-37-23)14-7-15-36-27(35)24-11-6-17-38-24/h5-6,10-13,16-18,20,29-30H,2-4,7-9,14-15H2,1H3,(H,31,33). The van der Waals surface area contributed by atoms with Crippen LogP contribution in [0.1, 0.15) is 74.6 Å². The molecule has 0 bridgehead atoms. The smallest absolute Gasteiger partial charge is 0.348 e. The van der Waals surface area contributed by atoms with Gasteiger partial charge < -0.3 is 25.6 Å². The number of amides is 2. The zero-order valence-electron chi connectivity index (χ0n) is 21.3. The summed E-state index contributed by atoms with van der Waals surface area (Å²) in [7, 11) is 1.89. The quantitative estimate of drug-likeness (QED) is 0.230. The number of nitrogens with zero attached hydrogens (tertiary/aromatic N) is 1. The highest BCUT2D eigenvalue weighted by Crippen LogP contribution is 2.36. The van der Waals surface area contributed by atoms with E-state index in [0.29, 0.717) is 28.2 Å². The van der Waals surface area contributed by atoms with Crippen LogP contribution in [0.2, 0.25) is 0 Å². The number of carbonyl (C=O) groups is 3. The number of ether oxygens (including phenoxy) is 1. The van der Waals surface area contributed by atoms with Crippen LogP contribution in [0.4, 0.5) is 11.4 Å². The second kappa shape index (κ2) is 11.6. The molecule has 0 radical (unpaired) electrons. The van der Waals surface area contributed by atoms with Crippen molar-refractivity contribution in [2.75, 3.05) is 24.3 Å². The summed E-state index contributed by atoms with van der Waals surface area (Å²) in [6, 6.07) is 13.0. The topological polar surface area (TPSA) is 99.8 Å². The number of carbonyl (C=O) groups excluding carboxylic acids is 3. The lowest BCUT2D eigenvalue weighted by molar-refractivity contribution is 0.0495. The lowest BCUT2D eigenvalue weighted by atomic mass is 9.94. The minimum atomic E-state index is -0.990. The van der Waals surface area contributed by atoms with Gasteiger partial charge in [-0.2, -0.15) is 0 Å². The number of nitrogens with one attached hydrogen (secondary N) is 3. The summed E-state index contributed by atoms with van der Waals surface area (Å²) in [4.78, 5) is 41.5. The van der Waals surface area contributed by atoms with E-state index in [4.69, 9.17) is 4.74 Å². The zero-order chi connectivity index (χ0) is 26.5. The van der Waals surface area contributed by atoms with Gasteiger partial charge in [0.05, 0.1) is 22.9 Å². The second-order valence-corrected chi connectivity index (χ2v) is 11.7. The van der Waals surface area contributed by atoms with E-state index < -0.39 is 5.79 Å². The van der Waals surface area contributed by atoms with Gasteiger partial charge in [0, 0.05) is 25.1 Å². The number of rotatable bonds is 9. The molecule has 3 aromatic rings. The molecule has 2 amide bonds. The molecule has 38 heavy (non-hydrogen) atoms. The van der Waals surface area contributed by atoms with Gasteiger partial charge in [-0.3, -0.25) is 9.59 Å². The average Bonchev–Trinajstić information content (AvgIpc) is 3.71. The Bertz CT molecular complexity index is 1270. The summed E-state index contributed by atoms with van der Waals surface area (Å²) in [6.45, 7) is 0.211. The minimum Gasteiger partial charge on any atom is -0.462 e. The lowest BCUT2D eigenvalue weighted by Gasteiger charge is -2.32. The van der Waals surface area contributed by atoms with Gasteiger partial charge in [0.2, 0.25) is 0 Å². The summed E-state index contributed by atoms with van der Waals surface area (Å²) in [6.07, 6.45) is 6.59. The molecule has 1 atom stereocenters. The van der Waals surface area contributed by atoms with E-state index in [0.717, 1.165) is 37.1 Å². The zero-order valence-corrected chi connectivity index (χ0v) is 23.0. The van der Waals surface area contributed by atoms with Gasteiger partial charge in [0.25, 0.3) is 11.8 Å². The van der Waals surface area contributed by atoms with Gasteiger partial charge in [-0.25, -0.2) is 4.79 Å². The molecule has 1 saturated carbocycles. The van der Waals surface area contributed by atoms with Crippen LogP contribution < -0.4 is 16.0 Å². The van der Waals surface area contributed by atoms with Crippen molar-refractivity contribution in [2.45, 2.75) is 56.8 Å². The molecule has 1 unspecified atom stereocenters. The fraction of sp³-hybridized carbons (Fsp3) is 0.393. The Morgan fingerprint density at radius 3 is 2.42 bits per heavy atom. The van der Waals surface area contributed by atoms with Gasteiger partial charge in [0.1, 0.15) is 4.88 Å². The Kier molecular flexibility index (Phi) is 7.99. The number of hydrogen-bond donors (Lipinski definition) is 3. The van der Waals surface area contributed by atoms with Crippen LogP contribution >= 0.6 is 22.7 Å². The van der Waals surface area contributed by atoms with Gasteiger partial charge in [-0.1, -0.05) is 31.4 Å². The van der Waals surface area contributed by atoms with Crippen molar-refractivity contribution in [1.29, 1.82) is 0 Å². The molecule has 2 aromatic heterocycles. The fourth-order valence-corrected chi connectivity index (χ4v) is 6.33.